The molecule has 1 heterocycles. The highest BCUT2D eigenvalue weighted by Crippen LogP contribution is 2.40. The molecular formula is C22H20FNO5. The molecule has 0 bridgehead atoms. The number of aliphatic carboxylic acids is 1. The number of hydrogen-bond donors (Lipinski definition) is 2. The van der Waals surface area contributed by atoms with E-state index in [0.29, 0.717) is 5.56 Å². The van der Waals surface area contributed by atoms with Gasteiger partial charge in [-0.15, -0.1) is 0 Å². The van der Waals surface area contributed by atoms with Crippen LogP contribution in [0.25, 0.3) is 0 Å². The maximum atomic E-state index is 14.5. The number of benzene rings is 2. The van der Waals surface area contributed by atoms with E-state index in [1.54, 1.807) is 36.4 Å². The Morgan fingerprint density at radius 2 is 1.72 bits per heavy atom. The zero-order valence-electron chi connectivity index (χ0n) is 15.7. The summed E-state index contributed by atoms with van der Waals surface area (Å²) >= 11 is 0. The van der Waals surface area contributed by atoms with Gasteiger partial charge in [-0.25, -0.2) is 4.39 Å². The van der Waals surface area contributed by atoms with E-state index in [1.807, 2.05) is 0 Å². The summed E-state index contributed by atoms with van der Waals surface area (Å²) in [6.45, 7) is 1.09. The van der Waals surface area contributed by atoms with Crippen molar-refractivity contribution in [1.29, 1.82) is 0 Å². The summed E-state index contributed by atoms with van der Waals surface area (Å²) in [4.78, 5) is 37.5. The Kier molecular flexibility index (Phi) is 5.77. The molecule has 1 amide bonds. The summed E-state index contributed by atoms with van der Waals surface area (Å²) < 4.78 is 14.5. The third-order valence-electron chi connectivity index (χ3n) is 4.99. The molecule has 2 unspecified atom stereocenters. The fourth-order valence-corrected chi connectivity index (χ4v) is 3.68. The molecule has 0 aromatic heterocycles. The molecule has 7 heteroatoms. The highest BCUT2D eigenvalue weighted by Gasteiger charge is 2.44. The van der Waals surface area contributed by atoms with Crippen LogP contribution >= 0.6 is 0 Å². The number of hydrogen-bond acceptors (Lipinski definition) is 4. The van der Waals surface area contributed by atoms with Gasteiger partial charge in [0.05, 0.1) is 18.0 Å². The Morgan fingerprint density at radius 1 is 1.10 bits per heavy atom. The third kappa shape index (κ3) is 4.03. The summed E-state index contributed by atoms with van der Waals surface area (Å²) in [5, 5.41) is 19.6. The standard InChI is InChI=1S/C22H20FNO5/c1-13(25)19-20(16-9-5-6-10-17(16)23)24(22(29)21(19)28)12-15(11-18(26)27)14-7-3-2-4-8-14/h2-10,15,20,28H,11-12H2,1H3,(H,26,27). The number of aliphatic hydroxyl groups is 1. The van der Waals surface area contributed by atoms with Crippen LogP contribution in [0.3, 0.4) is 0 Å². The average molecular weight is 397 g/mol. The molecule has 0 saturated carbocycles. The minimum atomic E-state index is -1.12. The molecule has 3 rings (SSSR count). The number of rotatable bonds is 7. The van der Waals surface area contributed by atoms with Crippen molar-refractivity contribution in [1.82, 2.24) is 4.90 Å². The van der Waals surface area contributed by atoms with E-state index < -0.39 is 41.2 Å². The number of amides is 1. The molecule has 1 aliphatic rings. The van der Waals surface area contributed by atoms with Crippen molar-refractivity contribution in [2.24, 2.45) is 0 Å². The third-order valence-corrected chi connectivity index (χ3v) is 4.99. The van der Waals surface area contributed by atoms with Gasteiger partial charge >= 0.3 is 5.97 Å². The van der Waals surface area contributed by atoms with Crippen molar-refractivity contribution in [3.05, 3.63) is 82.9 Å². The van der Waals surface area contributed by atoms with Crippen molar-refractivity contribution in [2.45, 2.75) is 25.3 Å². The van der Waals surface area contributed by atoms with E-state index in [4.69, 9.17) is 0 Å². The summed E-state index contributed by atoms with van der Waals surface area (Å²) in [5.74, 6) is -4.40. The minimum Gasteiger partial charge on any atom is -0.503 e. The fraction of sp³-hybridized carbons (Fsp3) is 0.227. The monoisotopic (exact) mass is 397 g/mol. The number of carboxylic acid groups (broad SMARTS) is 1. The number of carboxylic acids is 1. The van der Waals surface area contributed by atoms with Crippen LogP contribution in [0.5, 0.6) is 0 Å². The molecule has 0 saturated heterocycles. The summed E-state index contributed by atoms with van der Waals surface area (Å²) in [6.07, 6.45) is -0.270. The predicted octanol–water partition coefficient (Wildman–Crippen LogP) is 3.37. The Labute approximate surface area is 166 Å². The molecule has 29 heavy (non-hydrogen) atoms. The molecular weight excluding hydrogens is 377 g/mol. The number of Topliss-reactive ketones (excluding diaryl/α,β-unsaturated/α-hetero) is 1. The topological polar surface area (TPSA) is 94.9 Å². The zero-order chi connectivity index (χ0) is 21.1. The molecule has 2 aromatic rings. The number of aliphatic hydroxyl groups excluding tert-OH is 1. The number of halogens is 1. The normalized spacial score (nSPS) is 17.5. The first kappa shape index (κ1) is 20.3. The van der Waals surface area contributed by atoms with Crippen LogP contribution < -0.4 is 0 Å². The van der Waals surface area contributed by atoms with Crippen LogP contribution in [0.1, 0.15) is 36.4 Å². The van der Waals surface area contributed by atoms with Gasteiger partial charge in [-0.2, -0.15) is 0 Å². The molecule has 0 spiro atoms. The van der Waals surface area contributed by atoms with Crippen LogP contribution in [-0.2, 0) is 14.4 Å². The van der Waals surface area contributed by atoms with E-state index in [1.165, 1.54) is 30.0 Å². The van der Waals surface area contributed by atoms with Gasteiger partial charge in [0, 0.05) is 18.0 Å². The van der Waals surface area contributed by atoms with Gasteiger partial charge in [0.15, 0.2) is 11.5 Å². The van der Waals surface area contributed by atoms with Crippen molar-refractivity contribution < 1.29 is 29.0 Å². The first-order chi connectivity index (χ1) is 13.8. The lowest BCUT2D eigenvalue weighted by Crippen LogP contribution is -2.35. The molecule has 2 N–H and O–H groups in total. The molecule has 0 radical (unpaired) electrons. The number of ketones is 1. The van der Waals surface area contributed by atoms with Crippen LogP contribution in [0.4, 0.5) is 4.39 Å². The van der Waals surface area contributed by atoms with Crippen molar-refractivity contribution in [3.8, 4) is 0 Å². The first-order valence-corrected chi connectivity index (χ1v) is 9.07. The average Bonchev–Trinajstić information content (AvgIpc) is 2.93. The molecule has 0 aliphatic carbocycles. The van der Waals surface area contributed by atoms with Crippen molar-refractivity contribution in [3.63, 3.8) is 0 Å². The predicted molar refractivity (Wildman–Crippen MR) is 103 cm³/mol. The van der Waals surface area contributed by atoms with E-state index in [9.17, 15) is 29.0 Å². The van der Waals surface area contributed by atoms with E-state index in [-0.39, 0.29) is 24.1 Å². The minimum absolute atomic E-state index is 0.0669. The van der Waals surface area contributed by atoms with Crippen LogP contribution in [0.15, 0.2) is 65.9 Å². The fourth-order valence-electron chi connectivity index (χ4n) is 3.68. The molecule has 6 nitrogen and oxygen atoms in total. The van der Waals surface area contributed by atoms with Gasteiger partial charge in [-0.1, -0.05) is 48.5 Å². The van der Waals surface area contributed by atoms with Crippen molar-refractivity contribution in [2.75, 3.05) is 6.54 Å². The molecule has 1 aliphatic heterocycles. The van der Waals surface area contributed by atoms with Gasteiger partial charge in [0.2, 0.25) is 0 Å². The Hall–Kier alpha value is -3.48. The molecule has 0 fully saturated rings. The number of carbonyl (C=O) groups excluding carboxylic acids is 2. The Morgan fingerprint density at radius 3 is 2.31 bits per heavy atom. The molecule has 150 valence electrons. The maximum absolute atomic E-state index is 14.5. The maximum Gasteiger partial charge on any atom is 0.304 e. The van der Waals surface area contributed by atoms with Crippen molar-refractivity contribution >= 4 is 17.7 Å². The van der Waals surface area contributed by atoms with E-state index >= 15 is 0 Å². The number of carbonyl (C=O) groups is 3. The first-order valence-electron chi connectivity index (χ1n) is 9.07. The zero-order valence-corrected chi connectivity index (χ0v) is 15.7. The highest BCUT2D eigenvalue weighted by molar-refractivity contribution is 6.08. The Balaban J connectivity index is 2.05. The molecule has 2 atom stereocenters. The lowest BCUT2D eigenvalue weighted by molar-refractivity contribution is -0.138. The lowest BCUT2D eigenvalue weighted by Gasteiger charge is -2.30. The van der Waals surface area contributed by atoms with Crippen LogP contribution in [0, 0.1) is 5.82 Å². The summed E-state index contributed by atoms with van der Waals surface area (Å²) in [7, 11) is 0. The SMILES string of the molecule is CC(=O)C1=C(O)C(=O)N(CC(CC(=O)O)c2ccccc2)C1c1ccccc1F. The molecule has 2 aromatic carbocycles. The quantitative estimate of drug-likeness (QED) is 0.747. The van der Waals surface area contributed by atoms with Gasteiger partial charge in [0.25, 0.3) is 5.91 Å². The van der Waals surface area contributed by atoms with Crippen LogP contribution in [-0.4, -0.2) is 39.3 Å². The number of nitrogens with zero attached hydrogens (tertiary/aromatic N) is 1. The van der Waals surface area contributed by atoms with E-state index in [0.717, 1.165) is 0 Å². The second-order valence-electron chi connectivity index (χ2n) is 6.91. The summed E-state index contributed by atoms with van der Waals surface area (Å²) in [6, 6.07) is 13.3. The van der Waals surface area contributed by atoms with E-state index in [2.05, 4.69) is 0 Å². The second-order valence-corrected chi connectivity index (χ2v) is 6.91. The van der Waals surface area contributed by atoms with Gasteiger partial charge in [-0.05, 0) is 18.6 Å². The smallest absolute Gasteiger partial charge is 0.304 e. The van der Waals surface area contributed by atoms with Gasteiger partial charge < -0.3 is 15.1 Å². The highest BCUT2D eigenvalue weighted by atomic mass is 19.1. The van der Waals surface area contributed by atoms with Gasteiger partial charge in [0.1, 0.15) is 5.82 Å². The lowest BCUT2D eigenvalue weighted by atomic mass is 9.92. The Bertz CT molecular complexity index is 986. The second kappa shape index (κ2) is 8.26. The summed E-state index contributed by atoms with van der Waals surface area (Å²) in [5.41, 5.74) is 0.560. The van der Waals surface area contributed by atoms with Crippen LogP contribution in [0.2, 0.25) is 0 Å². The van der Waals surface area contributed by atoms with Gasteiger partial charge in [-0.3, -0.25) is 14.4 Å². The largest absolute Gasteiger partial charge is 0.503 e.